The van der Waals surface area contributed by atoms with E-state index in [-0.39, 0.29) is 5.17 Å². The van der Waals surface area contributed by atoms with Crippen LogP contribution in [0.3, 0.4) is 0 Å². The Balaban J connectivity index is 2.18. The molecule has 2 rings (SSSR count). The molecule has 0 atom stereocenters. The summed E-state index contributed by atoms with van der Waals surface area (Å²) in [5.41, 5.74) is 1.02. The molecule has 6 heteroatoms. The highest BCUT2D eigenvalue weighted by Crippen LogP contribution is 2.29. The highest BCUT2D eigenvalue weighted by Gasteiger charge is 2.14. The summed E-state index contributed by atoms with van der Waals surface area (Å²) in [6.07, 6.45) is 0.829. The minimum absolute atomic E-state index is 0.260. The Kier molecular flexibility index (Phi) is 5.57. The number of methoxy groups -OCH3 is 1. The molecule has 0 spiro atoms. The fourth-order valence-corrected chi connectivity index (χ4v) is 2.35. The fourth-order valence-electron chi connectivity index (χ4n) is 1.87. The molecule has 0 N–H and O–H groups in total. The standard InChI is InChI=1S/C16H17ClN2O2S/c1-4-11-7-5-8-12(15(11)17)21-16(22)19(2)13-9-6-10-14(18-13)20-3/h5-10H,4H2,1-3H3. The summed E-state index contributed by atoms with van der Waals surface area (Å²) in [5.74, 6) is 1.69. The molecule has 0 amide bonds. The van der Waals surface area contributed by atoms with Crippen molar-refractivity contribution in [1.29, 1.82) is 0 Å². The van der Waals surface area contributed by atoms with Gasteiger partial charge in [0.2, 0.25) is 5.88 Å². The van der Waals surface area contributed by atoms with Gasteiger partial charge in [0.1, 0.15) is 11.6 Å². The number of aryl methyl sites for hydroxylation is 1. The third kappa shape index (κ3) is 3.67. The van der Waals surface area contributed by atoms with Crippen molar-refractivity contribution >= 4 is 34.8 Å². The monoisotopic (exact) mass is 336 g/mol. The zero-order valence-electron chi connectivity index (χ0n) is 12.7. The first-order valence-corrected chi connectivity index (χ1v) is 7.59. The number of hydrogen-bond donors (Lipinski definition) is 0. The van der Waals surface area contributed by atoms with Crippen LogP contribution in [0.5, 0.6) is 11.6 Å². The molecule has 116 valence electrons. The van der Waals surface area contributed by atoms with Crippen molar-refractivity contribution in [1.82, 2.24) is 4.98 Å². The van der Waals surface area contributed by atoms with Crippen molar-refractivity contribution in [3.8, 4) is 11.6 Å². The molecule has 22 heavy (non-hydrogen) atoms. The van der Waals surface area contributed by atoms with Crippen LogP contribution in [0, 0.1) is 0 Å². The summed E-state index contributed by atoms with van der Waals surface area (Å²) in [7, 11) is 3.35. The van der Waals surface area contributed by atoms with Gasteiger partial charge in [0.25, 0.3) is 5.17 Å². The normalized spacial score (nSPS) is 10.2. The molecule has 1 heterocycles. The van der Waals surface area contributed by atoms with Gasteiger partial charge in [-0.25, -0.2) is 0 Å². The maximum absolute atomic E-state index is 6.31. The van der Waals surface area contributed by atoms with Gasteiger partial charge in [-0.3, -0.25) is 4.90 Å². The third-order valence-corrected chi connectivity index (χ3v) is 3.94. The summed E-state index contributed by atoms with van der Waals surface area (Å²) in [6, 6.07) is 11.1. The fraction of sp³-hybridized carbons (Fsp3) is 0.250. The SMILES string of the molecule is CCc1cccc(OC(=S)N(C)c2cccc(OC)n2)c1Cl. The first kappa shape index (κ1) is 16.5. The second-order valence-corrected chi connectivity index (χ2v) is 5.28. The lowest BCUT2D eigenvalue weighted by atomic mass is 10.1. The Morgan fingerprint density at radius 2 is 2.00 bits per heavy atom. The molecular formula is C16H17ClN2O2S. The molecule has 0 saturated carbocycles. The summed E-state index contributed by atoms with van der Waals surface area (Å²) in [4.78, 5) is 5.97. The van der Waals surface area contributed by atoms with E-state index < -0.39 is 0 Å². The highest BCUT2D eigenvalue weighted by atomic mass is 35.5. The van der Waals surface area contributed by atoms with E-state index >= 15 is 0 Å². The van der Waals surface area contributed by atoms with Crippen LogP contribution in [-0.4, -0.2) is 24.3 Å². The van der Waals surface area contributed by atoms with Crippen LogP contribution < -0.4 is 14.4 Å². The second-order valence-electron chi connectivity index (χ2n) is 4.55. The van der Waals surface area contributed by atoms with Gasteiger partial charge >= 0.3 is 0 Å². The molecule has 0 aliphatic carbocycles. The highest BCUT2D eigenvalue weighted by molar-refractivity contribution is 7.80. The largest absolute Gasteiger partial charge is 0.481 e. The van der Waals surface area contributed by atoms with Gasteiger partial charge in [0, 0.05) is 13.1 Å². The van der Waals surface area contributed by atoms with Gasteiger partial charge in [0.15, 0.2) is 0 Å². The summed E-state index contributed by atoms with van der Waals surface area (Å²) in [5, 5.41) is 0.843. The molecule has 0 fully saturated rings. The third-order valence-electron chi connectivity index (χ3n) is 3.16. The molecule has 0 saturated heterocycles. The van der Waals surface area contributed by atoms with E-state index in [1.165, 1.54) is 0 Å². The molecule has 0 unspecified atom stereocenters. The topological polar surface area (TPSA) is 34.6 Å². The molecule has 4 nitrogen and oxygen atoms in total. The number of ether oxygens (including phenoxy) is 2. The van der Waals surface area contributed by atoms with Crippen LogP contribution in [0.2, 0.25) is 5.02 Å². The van der Waals surface area contributed by atoms with Crippen LogP contribution in [0.15, 0.2) is 36.4 Å². The van der Waals surface area contributed by atoms with Crippen molar-refractivity contribution in [3.05, 3.63) is 47.0 Å². The molecule has 0 bridgehead atoms. The average molecular weight is 337 g/mol. The maximum atomic E-state index is 6.31. The quantitative estimate of drug-likeness (QED) is 0.785. The van der Waals surface area contributed by atoms with Gasteiger partial charge in [-0.2, -0.15) is 4.98 Å². The Labute approximate surface area is 140 Å². The predicted octanol–water partition coefficient (Wildman–Crippen LogP) is 4.11. The van der Waals surface area contributed by atoms with Gasteiger partial charge < -0.3 is 9.47 Å². The zero-order chi connectivity index (χ0) is 16.1. The number of pyridine rings is 1. The van der Waals surface area contributed by atoms with E-state index in [1.54, 1.807) is 31.2 Å². The number of benzene rings is 1. The van der Waals surface area contributed by atoms with Crippen LogP contribution in [0.1, 0.15) is 12.5 Å². The minimum atomic E-state index is 0.260. The van der Waals surface area contributed by atoms with E-state index in [0.29, 0.717) is 22.5 Å². The summed E-state index contributed by atoms with van der Waals surface area (Å²) in [6.45, 7) is 2.04. The molecule has 1 aromatic carbocycles. The Morgan fingerprint density at radius 3 is 2.68 bits per heavy atom. The molecule has 1 aromatic heterocycles. The van der Waals surface area contributed by atoms with E-state index in [9.17, 15) is 0 Å². The lowest BCUT2D eigenvalue weighted by molar-refractivity contribution is 0.398. The van der Waals surface area contributed by atoms with Gasteiger partial charge in [-0.15, -0.1) is 0 Å². The van der Waals surface area contributed by atoms with Crippen molar-refractivity contribution in [2.24, 2.45) is 0 Å². The van der Waals surface area contributed by atoms with E-state index in [0.717, 1.165) is 12.0 Å². The molecule has 2 aromatic rings. The van der Waals surface area contributed by atoms with E-state index in [4.69, 9.17) is 33.3 Å². The summed E-state index contributed by atoms with van der Waals surface area (Å²) >= 11 is 11.6. The predicted molar refractivity (Wildman–Crippen MR) is 93.2 cm³/mol. The average Bonchev–Trinajstić information content (AvgIpc) is 2.56. The van der Waals surface area contributed by atoms with Crippen LogP contribution in [-0.2, 0) is 6.42 Å². The number of anilines is 1. The van der Waals surface area contributed by atoms with E-state index in [2.05, 4.69) is 4.98 Å². The van der Waals surface area contributed by atoms with Gasteiger partial charge in [-0.1, -0.05) is 36.7 Å². The molecule has 0 aliphatic heterocycles. The number of hydrogen-bond acceptors (Lipinski definition) is 4. The number of nitrogens with zero attached hydrogens (tertiary/aromatic N) is 2. The smallest absolute Gasteiger partial charge is 0.270 e. The number of aromatic nitrogens is 1. The minimum Gasteiger partial charge on any atom is -0.481 e. The van der Waals surface area contributed by atoms with Gasteiger partial charge in [-0.05, 0) is 36.3 Å². The molecule has 0 aliphatic rings. The number of thiocarbonyl (C=S) groups is 1. The maximum Gasteiger partial charge on any atom is 0.270 e. The second kappa shape index (κ2) is 7.42. The zero-order valence-corrected chi connectivity index (χ0v) is 14.2. The Morgan fingerprint density at radius 1 is 1.27 bits per heavy atom. The Bertz CT molecular complexity index is 679. The van der Waals surface area contributed by atoms with Crippen molar-refractivity contribution < 1.29 is 9.47 Å². The van der Waals surface area contributed by atoms with Crippen molar-refractivity contribution in [3.63, 3.8) is 0 Å². The number of rotatable bonds is 4. The van der Waals surface area contributed by atoms with Gasteiger partial charge in [0.05, 0.1) is 12.1 Å². The van der Waals surface area contributed by atoms with Crippen molar-refractivity contribution in [2.75, 3.05) is 19.1 Å². The lowest BCUT2D eigenvalue weighted by Crippen LogP contribution is -2.30. The molecular weight excluding hydrogens is 320 g/mol. The number of halogens is 1. The molecule has 0 radical (unpaired) electrons. The van der Waals surface area contributed by atoms with Crippen LogP contribution in [0.4, 0.5) is 5.82 Å². The first-order valence-electron chi connectivity index (χ1n) is 6.80. The van der Waals surface area contributed by atoms with E-state index in [1.807, 2.05) is 31.2 Å². The first-order chi connectivity index (χ1) is 10.6. The van der Waals surface area contributed by atoms with Crippen LogP contribution >= 0.6 is 23.8 Å². The lowest BCUT2D eigenvalue weighted by Gasteiger charge is -2.20. The summed E-state index contributed by atoms with van der Waals surface area (Å²) < 4.78 is 10.8. The van der Waals surface area contributed by atoms with Crippen molar-refractivity contribution in [2.45, 2.75) is 13.3 Å². The Hall–Kier alpha value is -1.85. The van der Waals surface area contributed by atoms with Crippen LogP contribution in [0.25, 0.3) is 0 Å².